The monoisotopic (exact) mass is 461 g/mol. The molecule has 4 aromatic rings. The Balaban J connectivity index is 1.63. The van der Waals surface area contributed by atoms with Crippen LogP contribution in [0.2, 0.25) is 10.0 Å². The van der Waals surface area contributed by atoms with Gasteiger partial charge in [-0.3, -0.25) is 0 Å². The zero-order valence-corrected chi connectivity index (χ0v) is 17.3. The standard InChI is InChI=1S/C23H15Cl2F2NO3/c24-18-8-13(21(27)23(29)30)9-19(25)22(18)31-16-5-6-20-17(10-16)14(11-28-20)7-12-1-3-15(26)4-2-12/h1-6,8-11,21,28H,7H2,(H,29,30). The van der Waals surface area contributed by atoms with Crippen LogP contribution in [0.5, 0.6) is 11.5 Å². The molecule has 1 unspecified atom stereocenters. The predicted molar refractivity (Wildman–Crippen MR) is 116 cm³/mol. The summed E-state index contributed by atoms with van der Waals surface area (Å²) >= 11 is 12.4. The second kappa shape index (κ2) is 8.57. The van der Waals surface area contributed by atoms with Gasteiger partial charge in [0.25, 0.3) is 0 Å². The van der Waals surface area contributed by atoms with Gasteiger partial charge in [0.2, 0.25) is 6.17 Å². The number of nitrogens with one attached hydrogen (secondary N) is 1. The number of aromatic nitrogens is 1. The highest BCUT2D eigenvalue weighted by Crippen LogP contribution is 2.40. The first-order valence-corrected chi connectivity index (χ1v) is 9.95. The van der Waals surface area contributed by atoms with Gasteiger partial charge in [0, 0.05) is 22.7 Å². The zero-order chi connectivity index (χ0) is 22.1. The minimum Gasteiger partial charge on any atom is -0.479 e. The molecule has 8 heteroatoms. The summed E-state index contributed by atoms with van der Waals surface area (Å²) < 4.78 is 32.8. The Kier molecular flexibility index (Phi) is 5.85. The highest BCUT2D eigenvalue weighted by atomic mass is 35.5. The number of H-pyrrole nitrogens is 1. The van der Waals surface area contributed by atoms with Crippen molar-refractivity contribution in [2.24, 2.45) is 0 Å². The van der Waals surface area contributed by atoms with Crippen LogP contribution < -0.4 is 4.74 Å². The van der Waals surface area contributed by atoms with Crippen LogP contribution >= 0.6 is 23.2 Å². The van der Waals surface area contributed by atoms with Crippen molar-refractivity contribution in [1.82, 2.24) is 4.98 Å². The van der Waals surface area contributed by atoms with Gasteiger partial charge in [-0.25, -0.2) is 13.6 Å². The Morgan fingerprint density at radius 3 is 2.39 bits per heavy atom. The maximum Gasteiger partial charge on any atom is 0.343 e. The highest BCUT2D eigenvalue weighted by molar-refractivity contribution is 6.37. The molecule has 0 aliphatic heterocycles. The quantitative estimate of drug-likeness (QED) is 0.322. The molecule has 4 rings (SSSR count). The minimum absolute atomic E-state index is 0.00731. The van der Waals surface area contributed by atoms with Gasteiger partial charge >= 0.3 is 5.97 Å². The van der Waals surface area contributed by atoms with E-state index in [2.05, 4.69) is 4.98 Å². The van der Waals surface area contributed by atoms with Gasteiger partial charge in [-0.1, -0.05) is 35.3 Å². The van der Waals surface area contributed by atoms with Gasteiger partial charge < -0.3 is 14.8 Å². The average molecular weight is 462 g/mol. The van der Waals surface area contributed by atoms with Crippen molar-refractivity contribution >= 4 is 40.1 Å². The number of fused-ring (bicyclic) bond motifs is 1. The van der Waals surface area contributed by atoms with Gasteiger partial charge in [0.15, 0.2) is 5.75 Å². The number of aromatic amines is 1. The van der Waals surface area contributed by atoms with Crippen LogP contribution in [0.25, 0.3) is 10.9 Å². The third-order valence-corrected chi connectivity index (χ3v) is 5.36. The molecule has 0 saturated carbocycles. The van der Waals surface area contributed by atoms with E-state index in [0.29, 0.717) is 12.2 Å². The Labute approximate surface area is 186 Å². The predicted octanol–water partition coefficient (Wildman–Crippen LogP) is 7.09. The molecule has 0 fully saturated rings. The fraction of sp³-hybridized carbons (Fsp3) is 0.0870. The van der Waals surface area contributed by atoms with E-state index in [1.807, 2.05) is 12.3 Å². The van der Waals surface area contributed by atoms with Crippen LogP contribution in [0, 0.1) is 5.82 Å². The summed E-state index contributed by atoms with van der Waals surface area (Å²) in [6.45, 7) is 0. The molecule has 31 heavy (non-hydrogen) atoms. The highest BCUT2D eigenvalue weighted by Gasteiger charge is 2.22. The number of ether oxygens (including phenoxy) is 1. The largest absolute Gasteiger partial charge is 0.479 e. The average Bonchev–Trinajstić information content (AvgIpc) is 3.13. The van der Waals surface area contributed by atoms with Gasteiger partial charge in [-0.05, 0) is 60.0 Å². The summed E-state index contributed by atoms with van der Waals surface area (Å²) in [5, 5.41) is 9.72. The van der Waals surface area contributed by atoms with Gasteiger partial charge in [0.1, 0.15) is 11.6 Å². The molecule has 0 amide bonds. The summed E-state index contributed by atoms with van der Waals surface area (Å²) in [7, 11) is 0. The third-order valence-electron chi connectivity index (χ3n) is 4.80. The van der Waals surface area contributed by atoms with E-state index in [-0.39, 0.29) is 27.2 Å². The molecule has 2 N–H and O–H groups in total. The number of carbonyl (C=O) groups is 1. The fourth-order valence-electron chi connectivity index (χ4n) is 3.27. The lowest BCUT2D eigenvalue weighted by Gasteiger charge is -2.12. The molecule has 0 radical (unpaired) electrons. The maximum absolute atomic E-state index is 13.8. The number of halogens is 4. The number of rotatable bonds is 6. The lowest BCUT2D eigenvalue weighted by molar-refractivity contribution is -0.143. The smallest absolute Gasteiger partial charge is 0.343 e. The molecule has 4 nitrogen and oxygen atoms in total. The number of aliphatic carboxylic acids is 1. The second-order valence-corrected chi connectivity index (χ2v) is 7.76. The Morgan fingerprint density at radius 1 is 1.06 bits per heavy atom. The first-order valence-electron chi connectivity index (χ1n) is 9.20. The summed E-state index contributed by atoms with van der Waals surface area (Å²) in [4.78, 5) is 14.0. The summed E-state index contributed by atoms with van der Waals surface area (Å²) in [6.07, 6.45) is 0.224. The van der Waals surface area contributed by atoms with Gasteiger partial charge in [0.05, 0.1) is 10.0 Å². The maximum atomic E-state index is 13.8. The molecule has 0 aliphatic carbocycles. The number of carboxylic acid groups (broad SMARTS) is 1. The van der Waals surface area contributed by atoms with E-state index in [9.17, 15) is 13.6 Å². The molecule has 158 valence electrons. The van der Waals surface area contributed by atoms with E-state index in [1.54, 1.807) is 24.3 Å². The molecule has 0 spiro atoms. The Hall–Kier alpha value is -3.09. The van der Waals surface area contributed by atoms with Crippen molar-refractivity contribution in [3.8, 4) is 11.5 Å². The first-order chi connectivity index (χ1) is 14.8. The molecule has 0 aliphatic rings. The van der Waals surface area contributed by atoms with E-state index < -0.39 is 12.1 Å². The minimum atomic E-state index is -2.24. The van der Waals surface area contributed by atoms with E-state index in [4.69, 9.17) is 33.0 Å². The van der Waals surface area contributed by atoms with Gasteiger partial charge in [-0.15, -0.1) is 0 Å². The molecule has 0 saturated heterocycles. The van der Waals surface area contributed by atoms with Crippen molar-refractivity contribution in [3.63, 3.8) is 0 Å². The van der Waals surface area contributed by atoms with Crippen LogP contribution in [0.15, 0.2) is 60.8 Å². The number of benzene rings is 3. The Morgan fingerprint density at radius 2 is 1.74 bits per heavy atom. The Bertz CT molecular complexity index is 1250. The summed E-state index contributed by atoms with van der Waals surface area (Å²) in [5.74, 6) is -1.38. The lowest BCUT2D eigenvalue weighted by atomic mass is 10.0. The van der Waals surface area contributed by atoms with E-state index in [0.717, 1.165) is 22.0 Å². The molecule has 1 atom stereocenters. The van der Waals surface area contributed by atoms with E-state index in [1.165, 1.54) is 24.3 Å². The fourth-order valence-corrected chi connectivity index (χ4v) is 3.85. The number of carboxylic acids is 1. The molecular formula is C23H15Cl2F2NO3. The van der Waals surface area contributed by atoms with Crippen molar-refractivity contribution in [3.05, 3.63) is 93.3 Å². The van der Waals surface area contributed by atoms with Crippen LogP contribution in [0.1, 0.15) is 22.9 Å². The first kappa shape index (κ1) is 21.2. The van der Waals surface area contributed by atoms with Crippen molar-refractivity contribution in [2.75, 3.05) is 0 Å². The topological polar surface area (TPSA) is 62.3 Å². The zero-order valence-electron chi connectivity index (χ0n) is 15.8. The molecule has 0 bridgehead atoms. The van der Waals surface area contributed by atoms with E-state index >= 15 is 0 Å². The number of alkyl halides is 1. The van der Waals surface area contributed by atoms with Crippen LogP contribution in [0.3, 0.4) is 0 Å². The lowest BCUT2D eigenvalue weighted by Crippen LogP contribution is -2.06. The van der Waals surface area contributed by atoms with Crippen molar-refractivity contribution < 1.29 is 23.4 Å². The number of hydrogen-bond acceptors (Lipinski definition) is 2. The summed E-state index contributed by atoms with van der Waals surface area (Å²) in [5.41, 5.74) is 2.66. The molecule has 1 aromatic heterocycles. The summed E-state index contributed by atoms with van der Waals surface area (Å²) in [6, 6.07) is 14.0. The van der Waals surface area contributed by atoms with Gasteiger partial charge in [-0.2, -0.15) is 0 Å². The number of hydrogen-bond donors (Lipinski definition) is 2. The second-order valence-electron chi connectivity index (χ2n) is 6.94. The molecule has 1 heterocycles. The van der Waals surface area contributed by atoms with Crippen molar-refractivity contribution in [1.29, 1.82) is 0 Å². The molecule has 3 aromatic carbocycles. The van der Waals surface area contributed by atoms with Crippen LogP contribution in [0.4, 0.5) is 8.78 Å². The normalized spacial score (nSPS) is 12.1. The van der Waals surface area contributed by atoms with Crippen LogP contribution in [-0.4, -0.2) is 16.1 Å². The SMILES string of the molecule is O=C(O)C(F)c1cc(Cl)c(Oc2ccc3[nH]cc(Cc4ccc(F)cc4)c3c2)c(Cl)c1. The third kappa shape index (κ3) is 4.50. The van der Waals surface area contributed by atoms with Crippen molar-refractivity contribution in [2.45, 2.75) is 12.6 Å². The molecular weight excluding hydrogens is 447 g/mol. The van der Waals surface area contributed by atoms with Crippen LogP contribution in [-0.2, 0) is 11.2 Å².